The highest BCUT2D eigenvalue weighted by atomic mass is 16.8. The van der Waals surface area contributed by atoms with E-state index in [9.17, 15) is 9.59 Å². The normalized spacial score (nSPS) is 11.5. The van der Waals surface area contributed by atoms with E-state index in [0.29, 0.717) is 11.5 Å². The second kappa shape index (κ2) is 11.3. The lowest BCUT2D eigenvalue weighted by molar-refractivity contribution is -0.138. The number of carbonyl (C=O) groups excluding carboxylic acids is 2. The lowest BCUT2D eigenvalue weighted by Crippen LogP contribution is -2.43. The van der Waals surface area contributed by atoms with Gasteiger partial charge < -0.3 is 14.8 Å². The van der Waals surface area contributed by atoms with Crippen LogP contribution in [0.3, 0.4) is 0 Å². The number of carbonyl (C=O) groups is 2. The Kier molecular flexibility index (Phi) is 11.7. The molecular weight excluding hydrogens is 312 g/mol. The van der Waals surface area contributed by atoms with Crippen LogP contribution in [-0.4, -0.2) is 48.1 Å². The van der Waals surface area contributed by atoms with Crippen LogP contribution in [0.4, 0.5) is 9.59 Å². The first kappa shape index (κ1) is 24.9. The molecular formula is C17H36N2O5. The van der Waals surface area contributed by atoms with Crippen LogP contribution in [0, 0.1) is 0 Å². The zero-order valence-corrected chi connectivity index (χ0v) is 15.5. The van der Waals surface area contributed by atoms with Gasteiger partial charge in [0.2, 0.25) is 0 Å². The molecule has 0 atom stereocenters. The molecule has 24 heavy (non-hydrogen) atoms. The summed E-state index contributed by atoms with van der Waals surface area (Å²) >= 11 is 0. The highest BCUT2D eigenvalue weighted by Crippen LogP contribution is 2.14. The Morgan fingerprint density at radius 1 is 0.917 bits per heavy atom. The van der Waals surface area contributed by atoms with E-state index in [0.717, 1.165) is 19.5 Å². The number of imide groups is 1. The van der Waals surface area contributed by atoms with Gasteiger partial charge in [0.1, 0.15) is 11.2 Å². The third-order valence-electron chi connectivity index (χ3n) is 2.26. The van der Waals surface area contributed by atoms with Crippen molar-refractivity contribution in [2.24, 2.45) is 0 Å². The summed E-state index contributed by atoms with van der Waals surface area (Å²) in [6.07, 6.45) is -0.0632. The van der Waals surface area contributed by atoms with Gasteiger partial charge in [-0.3, -0.25) is 4.84 Å². The molecule has 0 fully saturated rings. The average molecular weight is 348 g/mol. The van der Waals surface area contributed by atoms with Gasteiger partial charge in [-0.2, -0.15) is 0 Å². The molecule has 144 valence electrons. The van der Waals surface area contributed by atoms with Crippen molar-refractivity contribution >= 4 is 12.2 Å². The SMILES string of the molecule is C.CCCNCCCON(C(=O)OC(C)(C)C)C(=O)OC(C)(C)C. The van der Waals surface area contributed by atoms with Crippen molar-refractivity contribution in [3.63, 3.8) is 0 Å². The van der Waals surface area contributed by atoms with Crippen molar-refractivity contribution in [1.82, 2.24) is 10.4 Å². The van der Waals surface area contributed by atoms with Gasteiger partial charge >= 0.3 is 12.2 Å². The molecule has 0 aliphatic carbocycles. The summed E-state index contributed by atoms with van der Waals surface area (Å²) in [5.41, 5.74) is -1.47. The molecule has 2 amide bonds. The van der Waals surface area contributed by atoms with Gasteiger partial charge in [0.25, 0.3) is 0 Å². The van der Waals surface area contributed by atoms with Crippen molar-refractivity contribution in [3.05, 3.63) is 0 Å². The zero-order chi connectivity index (χ0) is 18.1. The second-order valence-corrected chi connectivity index (χ2v) is 7.19. The van der Waals surface area contributed by atoms with Crippen LogP contribution in [0.15, 0.2) is 0 Å². The minimum absolute atomic E-state index is 0. The first-order valence-electron chi connectivity index (χ1n) is 8.06. The maximum absolute atomic E-state index is 12.1. The first-order valence-corrected chi connectivity index (χ1v) is 8.06. The summed E-state index contributed by atoms with van der Waals surface area (Å²) in [4.78, 5) is 29.5. The van der Waals surface area contributed by atoms with Crippen molar-refractivity contribution in [2.45, 2.75) is 79.9 Å². The largest absolute Gasteiger partial charge is 0.444 e. The fourth-order valence-corrected chi connectivity index (χ4v) is 1.44. The molecule has 0 aromatic carbocycles. The Hall–Kier alpha value is -1.34. The topological polar surface area (TPSA) is 77.1 Å². The molecule has 0 aliphatic rings. The number of rotatable bonds is 7. The van der Waals surface area contributed by atoms with Gasteiger partial charge in [-0.1, -0.05) is 19.4 Å². The Morgan fingerprint density at radius 3 is 1.75 bits per heavy atom. The van der Waals surface area contributed by atoms with Gasteiger partial charge in [-0.05, 0) is 67.5 Å². The Morgan fingerprint density at radius 2 is 1.38 bits per heavy atom. The zero-order valence-electron chi connectivity index (χ0n) is 15.5. The maximum atomic E-state index is 12.1. The van der Waals surface area contributed by atoms with E-state index in [-0.39, 0.29) is 14.0 Å². The molecule has 0 rings (SSSR count). The molecule has 7 heteroatoms. The van der Waals surface area contributed by atoms with E-state index in [4.69, 9.17) is 14.3 Å². The lowest BCUT2D eigenvalue weighted by atomic mass is 10.2. The van der Waals surface area contributed by atoms with E-state index in [1.807, 2.05) is 0 Å². The molecule has 1 N–H and O–H groups in total. The van der Waals surface area contributed by atoms with Gasteiger partial charge in [0.05, 0.1) is 6.61 Å². The number of hydrogen-bond acceptors (Lipinski definition) is 6. The minimum Gasteiger partial charge on any atom is -0.442 e. The summed E-state index contributed by atoms with van der Waals surface area (Å²) in [6, 6.07) is 0. The van der Waals surface area contributed by atoms with Crippen molar-refractivity contribution < 1.29 is 23.9 Å². The quantitative estimate of drug-likeness (QED) is 0.551. The van der Waals surface area contributed by atoms with Crippen molar-refractivity contribution in [2.75, 3.05) is 19.7 Å². The highest BCUT2D eigenvalue weighted by Gasteiger charge is 2.32. The Labute approximate surface area is 147 Å². The van der Waals surface area contributed by atoms with E-state index >= 15 is 0 Å². The summed E-state index contributed by atoms with van der Waals surface area (Å²) in [7, 11) is 0. The van der Waals surface area contributed by atoms with Crippen LogP contribution in [0.2, 0.25) is 0 Å². The number of hydrogen-bond donors (Lipinski definition) is 1. The summed E-state index contributed by atoms with van der Waals surface area (Å²) < 4.78 is 10.4. The predicted molar refractivity (Wildman–Crippen MR) is 94.8 cm³/mol. The van der Waals surface area contributed by atoms with E-state index in [1.165, 1.54) is 0 Å². The highest BCUT2D eigenvalue weighted by molar-refractivity contribution is 5.86. The average Bonchev–Trinajstić information content (AvgIpc) is 2.33. The Balaban J connectivity index is 0. The molecule has 0 aliphatic heterocycles. The monoisotopic (exact) mass is 348 g/mol. The minimum atomic E-state index is -0.881. The van der Waals surface area contributed by atoms with E-state index in [2.05, 4.69) is 12.2 Å². The molecule has 0 bridgehead atoms. The number of ether oxygens (including phenoxy) is 2. The molecule has 0 unspecified atom stereocenters. The van der Waals surface area contributed by atoms with Crippen molar-refractivity contribution in [3.8, 4) is 0 Å². The van der Waals surface area contributed by atoms with Crippen LogP contribution in [0.5, 0.6) is 0 Å². The summed E-state index contributed by atoms with van der Waals surface area (Å²) in [6.45, 7) is 14.2. The van der Waals surface area contributed by atoms with Crippen molar-refractivity contribution in [1.29, 1.82) is 0 Å². The first-order chi connectivity index (χ1) is 10.5. The van der Waals surface area contributed by atoms with Gasteiger partial charge in [-0.25, -0.2) is 9.59 Å². The van der Waals surface area contributed by atoms with Gasteiger partial charge in [0.15, 0.2) is 0 Å². The smallest absolute Gasteiger partial charge is 0.442 e. The second-order valence-electron chi connectivity index (χ2n) is 7.19. The Bertz CT molecular complexity index is 344. The summed E-state index contributed by atoms with van der Waals surface area (Å²) in [5.74, 6) is 0. The number of amides is 2. The predicted octanol–water partition coefficient (Wildman–Crippen LogP) is 4.12. The molecule has 0 saturated carbocycles. The maximum Gasteiger partial charge on any atom is 0.444 e. The van der Waals surface area contributed by atoms with Crippen LogP contribution in [0.25, 0.3) is 0 Å². The molecule has 0 radical (unpaired) electrons. The van der Waals surface area contributed by atoms with E-state index in [1.54, 1.807) is 41.5 Å². The molecule has 0 saturated heterocycles. The van der Waals surface area contributed by atoms with Crippen LogP contribution >= 0.6 is 0 Å². The number of nitrogens with zero attached hydrogens (tertiary/aromatic N) is 1. The fraction of sp³-hybridized carbons (Fsp3) is 0.882. The number of hydroxylamine groups is 2. The third kappa shape index (κ3) is 13.1. The van der Waals surface area contributed by atoms with Crippen LogP contribution in [-0.2, 0) is 14.3 Å². The molecule has 0 heterocycles. The summed E-state index contributed by atoms with van der Waals surface area (Å²) in [5, 5.41) is 3.76. The fourth-order valence-electron chi connectivity index (χ4n) is 1.44. The number of nitrogens with one attached hydrogen (secondary N) is 1. The molecule has 0 spiro atoms. The van der Waals surface area contributed by atoms with Crippen LogP contribution in [0.1, 0.15) is 68.7 Å². The van der Waals surface area contributed by atoms with Gasteiger partial charge in [0, 0.05) is 0 Å². The van der Waals surface area contributed by atoms with E-state index < -0.39 is 23.4 Å². The molecule has 0 aromatic heterocycles. The standard InChI is InChI=1S/C16H32N2O5.CH4/c1-8-10-17-11-9-12-21-18(13(19)22-15(2,3)4)14(20)23-16(5,6)7;/h17H,8-12H2,1-7H3;1H4. The molecule has 7 nitrogen and oxygen atoms in total. The molecule has 0 aromatic rings. The van der Waals surface area contributed by atoms with Crippen LogP contribution < -0.4 is 5.32 Å². The third-order valence-corrected chi connectivity index (χ3v) is 2.26. The van der Waals surface area contributed by atoms with Gasteiger partial charge in [-0.15, -0.1) is 0 Å². The lowest BCUT2D eigenvalue weighted by Gasteiger charge is -2.27.